The van der Waals surface area contributed by atoms with Crippen molar-refractivity contribution in [1.82, 2.24) is 9.13 Å². The number of piperidine rings is 1. The van der Waals surface area contributed by atoms with Crippen LogP contribution in [0.25, 0.3) is 0 Å². The van der Waals surface area contributed by atoms with E-state index in [0.29, 0.717) is 29.5 Å². The molecule has 1 aliphatic heterocycles. The summed E-state index contributed by atoms with van der Waals surface area (Å²) in [6.45, 7) is 1.34. The van der Waals surface area contributed by atoms with E-state index in [-0.39, 0.29) is 18.1 Å². The SMILES string of the molecule is Cn1c(=O)cc(N2CCC[C@@H](N)C2)n(Cc2cc(F)ccc2Cl)c1=O. The molecule has 3 rings (SSSR count). The third kappa shape index (κ3) is 3.62. The molecule has 25 heavy (non-hydrogen) atoms. The molecule has 0 unspecified atom stereocenters. The number of hydrogen-bond acceptors (Lipinski definition) is 4. The van der Waals surface area contributed by atoms with E-state index in [1.807, 2.05) is 4.90 Å². The normalized spacial score (nSPS) is 17.8. The van der Waals surface area contributed by atoms with Crippen molar-refractivity contribution < 1.29 is 4.39 Å². The van der Waals surface area contributed by atoms with Gasteiger partial charge in [0.25, 0.3) is 5.56 Å². The third-order valence-electron chi connectivity index (χ3n) is 4.50. The fourth-order valence-corrected chi connectivity index (χ4v) is 3.30. The Bertz CT molecular complexity index is 908. The second-order valence-electron chi connectivity index (χ2n) is 6.35. The lowest BCUT2D eigenvalue weighted by atomic mass is 10.1. The number of aromatic nitrogens is 2. The van der Waals surface area contributed by atoms with Crippen LogP contribution in [-0.4, -0.2) is 28.3 Å². The summed E-state index contributed by atoms with van der Waals surface area (Å²) in [5.74, 6) is 0.0578. The highest BCUT2D eigenvalue weighted by molar-refractivity contribution is 6.31. The second kappa shape index (κ2) is 7.01. The van der Waals surface area contributed by atoms with Crippen LogP contribution in [0.15, 0.2) is 33.9 Å². The zero-order chi connectivity index (χ0) is 18.1. The molecule has 0 bridgehead atoms. The van der Waals surface area contributed by atoms with Crippen LogP contribution in [0.5, 0.6) is 0 Å². The molecular weight excluding hydrogens is 347 g/mol. The number of rotatable bonds is 3. The lowest BCUT2D eigenvalue weighted by molar-refractivity contribution is 0.491. The molecule has 6 nitrogen and oxygen atoms in total. The van der Waals surface area contributed by atoms with Gasteiger partial charge in [0.05, 0.1) is 6.54 Å². The molecule has 2 aromatic rings. The van der Waals surface area contributed by atoms with Gasteiger partial charge in [0.1, 0.15) is 11.6 Å². The molecule has 1 fully saturated rings. The highest BCUT2D eigenvalue weighted by atomic mass is 35.5. The van der Waals surface area contributed by atoms with Gasteiger partial charge in [-0.15, -0.1) is 0 Å². The van der Waals surface area contributed by atoms with Gasteiger partial charge >= 0.3 is 5.69 Å². The van der Waals surface area contributed by atoms with Crippen LogP contribution in [0.4, 0.5) is 10.2 Å². The Morgan fingerprint density at radius 3 is 2.80 bits per heavy atom. The molecule has 2 heterocycles. The van der Waals surface area contributed by atoms with Crippen LogP contribution >= 0.6 is 11.6 Å². The molecular formula is C17H20ClFN4O2. The third-order valence-corrected chi connectivity index (χ3v) is 4.86. The van der Waals surface area contributed by atoms with Crippen LogP contribution in [0, 0.1) is 5.82 Å². The van der Waals surface area contributed by atoms with E-state index in [2.05, 4.69) is 0 Å². The Kier molecular flexibility index (Phi) is 4.96. The monoisotopic (exact) mass is 366 g/mol. The predicted octanol–water partition coefficient (Wildman–Crippen LogP) is 1.32. The van der Waals surface area contributed by atoms with Crippen LogP contribution in [0.1, 0.15) is 18.4 Å². The van der Waals surface area contributed by atoms with Crippen molar-refractivity contribution in [1.29, 1.82) is 0 Å². The van der Waals surface area contributed by atoms with Gasteiger partial charge in [0.2, 0.25) is 0 Å². The zero-order valence-corrected chi connectivity index (χ0v) is 14.7. The first kappa shape index (κ1) is 17.7. The van der Waals surface area contributed by atoms with E-state index in [1.54, 1.807) is 0 Å². The molecule has 0 saturated carbocycles. The van der Waals surface area contributed by atoms with Crippen LogP contribution in [0.2, 0.25) is 5.02 Å². The topological polar surface area (TPSA) is 73.3 Å². The van der Waals surface area contributed by atoms with Gasteiger partial charge in [-0.3, -0.25) is 13.9 Å². The molecule has 0 radical (unpaired) electrons. The van der Waals surface area contributed by atoms with Crippen molar-refractivity contribution >= 4 is 17.4 Å². The first-order chi connectivity index (χ1) is 11.9. The smallest absolute Gasteiger partial charge is 0.332 e. The lowest BCUT2D eigenvalue weighted by Crippen LogP contribution is -2.47. The van der Waals surface area contributed by atoms with Crippen molar-refractivity contribution in [3.63, 3.8) is 0 Å². The van der Waals surface area contributed by atoms with Gasteiger partial charge in [-0.05, 0) is 36.6 Å². The first-order valence-electron chi connectivity index (χ1n) is 8.12. The van der Waals surface area contributed by atoms with Gasteiger partial charge in [-0.25, -0.2) is 9.18 Å². The number of nitrogens with two attached hydrogens (primary N) is 1. The molecule has 0 amide bonds. The van der Waals surface area contributed by atoms with Gasteiger partial charge in [0.15, 0.2) is 0 Å². The summed E-state index contributed by atoms with van der Waals surface area (Å²) < 4.78 is 16.0. The lowest BCUT2D eigenvalue weighted by Gasteiger charge is -2.34. The van der Waals surface area contributed by atoms with Crippen molar-refractivity contribution in [2.75, 3.05) is 18.0 Å². The largest absolute Gasteiger partial charge is 0.356 e. The van der Waals surface area contributed by atoms with Crippen LogP contribution in [0.3, 0.4) is 0 Å². The number of hydrogen-bond donors (Lipinski definition) is 1. The molecule has 2 N–H and O–H groups in total. The van der Waals surface area contributed by atoms with E-state index < -0.39 is 11.5 Å². The Morgan fingerprint density at radius 2 is 2.08 bits per heavy atom. The Morgan fingerprint density at radius 1 is 1.32 bits per heavy atom. The number of benzene rings is 1. The number of halogens is 2. The molecule has 1 saturated heterocycles. The molecule has 0 spiro atoms. The van der Waals surface area contributed by atoms with E-state index in [1.165, 1.54) is 35.9 Å². The summed E-state index contributed by atoms with van der Waals surface area (Å²) in [5.41, 5.74) is 5.65. The number of anilines is 1. The van der Waals surface area contributed by atoms with Gasteiger partial charge in [-0.2, -0.15) is 0 Å². The maximum Gasteiger partial charge on any atom is 0.332 e. The summed E-state index contributed by atoms with van der Waals surface area (Å²) in [6.07, 6.45) is 1.78. The predicted molar refractivity (Wildman–Crippen MR) is 95.9 cm³/mol. The van der Waals surface area contributed by atoms with Gasteiger partial charge < -0.3 is 10.6 Å². The van der Waals surface area contributed by atoms with Gasteiger partial charge in [0, 0.05) is 37.3 Å². The fourth-order valence-electron chi connectivity index (χ4n) is 3.12. The summed E-state index contributed by atoms with van der Waals surface area (Å²) in [4.78, 5) is 26.7. The highest BCUT2D eigenvalue weighted by Gasteiger charge is 2.22. The number of nitrogens with zero attached hydrogens (tertiary/aromatic N) is 3. The summed E-state index contributed by atoms with van der Waals surface area (Å²) >= 11 is 6.15. The Balaban J connectivity index is 2.10. The maximum absolute atomic E-state index is 13.6. The van der Waals surface area contributed by atoms with E-state index in [0.717, 1.165) is 17.4 Å². The molecule has 0 aliphatic carbocycles. The Hall–Kier alpha value is -2.12. The minimum atomic E-state index is -0.470. The van der Waals surface area contributed by atoms with Crippen molar-refractivity contribution in [2.45, 2.75) is 25.4 Å². The van der Waals surface area contributed by atoms with Crippen LogP contribution in [-0.2, 0) is 13.6 Å². The average molecular weight is 367 g/mol. The van der Waals surface area contributed by atoms with Crippen molar-refractivity contribution in [2.24, 2.45) is 12.8 Å². The van der Waals surface area contributed by atoms with Crippen molar-refractivity contribution in [3.8, 4) is 0 Å². The first-order valence-corrected chi connectivity index (χ1v) is 8.50. The summed E-state index contributed by atoms with van der Waals surface area (Å²) in [5, 5.41) is 0.364. The van der Waals surface area contributed by atoms with Crippen molar-refractivity contribution in [3.05, 3.63) is 61.5 Å². The molecule has 1 atom stereocenters. The molecule has 1 aromatic carbocycles. The molecule has 1 aliphatic rings. The zero-order valence-electron chi connectivity index (χ0n) is 13.9. The second-order valence-corrected chi connectivity index (χ2v) is 6.76. The van der Waals surface area contributed by atoms with E-state index >= 15 is 0 Å². The van der Waals surface area contributed by atoms with E-state index in [9.17, 15) is 14.0 Å². The molecule has 134 valence electrons. The summed E-state index contributed by atoms with van der Waals surface area (Å²) in [6, 6.07) is 5.42. The standard InChI is InChI=1S/C17H20ClFN4O2/c1-21-16(24)8-15(22-6-2-3-13(20)10-22)23(17(21)25)9-11-7-12(19)4-5-14(11)18/h4-5,7-8,13H,2-3,6,9-10,20H2,1H3/t13-/m1/s1. The van der Waals surface area contributed by atoms with Gasteiger partial charge in [-0.1, -0.05) is 11.6 Å². The minimum absolute atomic E-state index is 0.0147. The average Bonchev–Trinajstić information content (AvgIpc) is 2.58. The minimum Gasteiger partial charge on any atom is -0.356 e. The quantitative estimate of drug-likeness (QED) is 0.889. The summed E-state index contributed by atoms with van der Waals surface area (Å²) in [7, 11) is 1.42. The molecule has 1 aromatic heterocycles. The Labute approximate surface area is 149 Å². The highest BCUT2D eigenvalue weighted by Crippen LogP contribution is 2.22. The molecule has 8 heteroatoms. The van der Waals surface area contributed by atoms with Crippen LogP contribution < -0.4 is 21.9 Å². The fraction of sp³-hybridized carbons (Fsp3) is 0.412. The maximum atomic E-state index is 13.6. The van der Waals surface area contributed by atoms with E-state index in [4.69, 9.17) is 17.3 Å².